The largest absolute Gasteiger partial charge is 0.490 e. The topological polar surface area (TPSA) is 50.3 Å². The number of nitrogens with one attached hydrogen (secondary N) is 1. The van der Waals surface area contributed by atoms with Gasteiger partial charge in [-0.15, -0.1) is 0 Å². The molecule has 0 saturated heterocycles. The first-order valence-electron chi connectivity index (χ1n) is 7.10. The molecule has 0 atom stereocenters. The molecule has 1 heterocycles. The summed E-state index contributed by atoms with van der Waals surface area (Å²) in [6.45, 7) is 4.06. The highest BCUT2D eigenvalue weighted by Gasteiger charge is 2.22. The SMILES string of the molecule is CCCNc1ncnc(N(C)CC2CCC2)c1OC. The van der Waals surface area contributed by atoms with Gasteiger partial charge in [0.1, 0.15) is 6.33 Å². The average Bonchev–Trinajstić information content (AvgIpc) is 2.39. The Hall–Kier alpha value is -1.52. The normalized spacial score (nSPS) is 14.9. The number of rotatable bonds is 7. The highest BCUT2D eigenvalue weighted by molar-refractivity contribution is 5.64. The highest BCUT2D eigenvalue weighted by atomic mass is 16.5. The molecular weight excluding hydrogens is 240 g/mol. The van der Waals surface area contributed by atoms with Gasteiger partial charge < -0.3 is 15.0 Å². The van der Waals surface area contributed by atoms with E-state index in [0.29, 0.717) is 0 Å². The van der Waals surface area contributed by atoms with Crippen molar-refractivity contribution in [2.45, 2.75) is 32.6 Å². The van der Waals surface area contributed by atoms with E-state index in [1.54, 1.807) is 13.4 Å². The number of aromatic nitrogens is 2. The van der Waals surface area contributed by atoms with E-state index < -0.39 is 0 Å². The van der Waals surface area contributed by atoms with Crippen LogP contribution in [-0.2, 0) is 0 Å². The Kier molecular flexibility index (Phi) is 4.82. The molecule has 0 unspecified atom stereocenters. The molecule has 106 valence electrons. The predicted molar refractivity (Wildman–Crippen MR) is 78.0 cm³/mol. The van der Waals surface area contributed by atoms with Crippen molar-refractivity contribution in [2.75, 3.05) is 37.5 Å². The first-order valence-corrected chi connectivity index (χ1v) is 7.10. The molecule has 0 amide bonds. The lowest BCUT2D eigenvalue weighted by Gasteiger charge is -2.31. The van der Waals surface area contributed by atoms with Crippen LogP contribution in [-0.4, -0.2) is 37.2 Å². The van der Waals surface area contributed by atoms with Crippen LogP contribution in [0.4, 0.5) is 11.6 Å². The summed E-state index contributed by atoms with van der Waals surface area (Å²) in [5, 5.41) is 3.29. The number of ether oxygens (including phenoxy) is 1. The van der Waals surface area contributed by atoms with E-state index in [9.17, 15) is 0 Å². The van der Waals surface area contributed by atoms with Gasteiger partial charge in [-0.2, -0.15) is 0 Å². The van der Waals surface area contributed by atoms with Crippen molar-refractivity contribution in [1.82, 2.24) is 9.97 Å². The molecule has 5 heteroatoms. The number of nitrogens with zero attached hydrogens (tertiary/aromatic N) is 3. The van der Waals surface area contributed by atoms with E-state index in [-0.39, 0.29) is 0 Å². The molecule has 1 saturated carbocycles. The van der Waals surface area contributed by atoms with Crippen molar-refractivity contribution in [3.63, 3.8) is 0 Å². The third kappa shape index (κ3) is 3.28. The van der Waals surface area contributed by atoms with Crippen molar-refractivity contribution < 1.29 is 4.74 Å². The Labute approximate surface area is 115 Å². The number of hydrogen-bond donors (Lipinski definition) is 1. The second kappa shape index (κ2) is 6.59. The molecule has 0 radical (unpaired) electrons. The molecule has 0 bridgehead atoms. The Morgan fingerprint density at radius 2 is 2.21 bits per heavy atom. The van der Waals surface area contributed by atoms with E-state index in [4.69, 9.17) is 4.74 Å². The molecule has 1 aliphatic rings. The number of anilines is 2. The van der Waals surface area contributed by atoms with Crippen LogP contribution in [0.3, 0.4) is 0 Å². The van der Waals surface area contributed by atoms with E-state index in [1.165, 1.54) is 19.3 Å². The van der Waals surface area contributed by atoms with Crippen LogP contribution < -0.4 is 15.0 Å². The van der Waals surface area contributed by atoms with Gasteiger partial charge in [0.05, 0.1) is 7.11 Å². The minimum Gasteiger partial charge on any atom is -0.490 e. The van der Waals surface area contributed by atoms with Crippen molar-refractivity contribution in [3.8, 4) is 5.75 Å². The van der Waals surface area contributed by atoms with Crippen molar-refractivity contribution in [2.24, 2.45) is 5.92 Å². The second-order valence-corrected chi connectivity index (χ2v) is 5.18. The van der Waals surface area contributed by atoms with Gasteiger partial charge in [0, 0.05) is 20.1 Å². The zero-order valence-electron chi connectivity index (χ0n) is 12.1. The predicted octanol–water partition coefficient (Wildman–Crippen LogP) is 2.54. The van der Waals surface area contributed by atoms with Crippen molar-refractivity contribution in [3.05, 3.63) is 6.33 Å². The fourth-order valence-electron chi connectivity index (χ4n) is 2.34. The Morgan fingerprint density at radius 3 is 2.79 bits per heavy atom. The molecule has 2 rings (SSSR count). The lowest BCUT2D eigenvalue weighted by molar-refractivity contribution is 0.319. The maximum Gasteiger partial charge on any atom is 0.204 e. The van der Waals surface area contributed by atoms with Crippen LogP contribution in [0.5, 0.6) is 5.75 Å². The Balaban J connectivity index is 2.12. The maximum absolute atomic E-state index is 5.50. The Bertz CT molecular complexity index is 406. The third-order valence-electron chi connectivity index (χ3n) is 3.65. The minimum atomic E-state index is 0.748. The molecule has 0 aliphatic heterocycles. The zero-order chi connectivity index (χ0) is 13.7. The highest BCUT2D eigenvalue weighted by Crippen LogP contribution is 2.34. The molecule has 1 N–H and O–H groups in total. The van der Waals surface area contributed by atoms with Crippen LogP contribution >= 0.6 is 0 Å². The van der Waals surface area contributed by atoms with Gasteiger partial charge in [0.15, 0.2) is 11.6 Å². The van der Waals surface area contributed by atoms with Gasteiger partial charge in [-0.3, -0.25) is 0 Å². The van der Waals surface area contributed by atoms with Crippen LogP contribution in [0.25, 0.3) is 0 Å². The summed E-state index contributed by atoms with van der Waals surface area (Å²) in [6.07, 6.45) is 6.69. The van der Waals surface area contributed by atoms with E-state index in [2.05, 4.69) is 34.2 Å². The monoisotopic (exact) mass is 264 g/mol. The van der Waals surface area contributed by atoms with E-state index >= 15 is 0 Å². The fourth-order valence-corrected chi connectivity index (χ4v) is 2.34. The summed E-state index contributed by atoms with van der Waals surface area (Å²) in [6, 6.07) is 0. The van der Waals surface area contributed by atoms with Crippen LogP contribution in [0.1, 0.15) is 32.6 Å². The summed E-state index contributed by atoms with van der Waals surface area (Å²) in [7, 11) is 3.75. The van der Waals surface area contributed by atoms with Crippen molar-refractivity contribution >= 4 is 11.6 Å². The van der Waals surface area contributed by atoms with Gasteiger partial charge in [0.2, 0.25) is 5.75 Å². The average molecular weight is 264 g/mol. The first kappa shape index (κ1) is 13.9. The summed E-state index contributed by atoms with van der Waals surface area (Å²) in [5.41, 5.74) is 0. The van der Waals surface area contributed by atoms with E-state index in [1.807, 2.05) is 0 Å². The van der Waals surface area contributed by atoms with Gasteiger partial charge >= 0.3 is 0 Å². The molecule has 0 spiro atoms. The summed E-state index contributed by atoms with van der Waals surface area (Å²) >= 11 is 0. The van der Waals surface area contributed by atoms with E-state index in [0.717, 1.165) is 42.8 Å². The Morgan fingerprint density at radius 1 is 1.42 bits per heavy atom. The maximum atomic E-state index is 5.50. The standard InChI is InChI=1S/C14H24N4O/c1-4-8-15-13-12(19-3)14(17-10-16-13)18(2)9-11-6-5-7-11/h10-11H,4-9H2,1-3H3,(H,15,16,17). The summed E-state index contributed by atoms with van der Waals surface area (Å²) in [5.74, 6) is 3.22. The van der Waals surface area contributed by atoms with Crippen molar-refractivity contribution in [1.29, 1.82) is 0 Å². The first-order chi connectivity index (χ1) is 9.26. The molecule has 5 nitrogen and oxygen atoms in total. The lowest BCUT2D eigenvalue weighted by Crippen LogP contribution is -2.30. The number of methoxy groups -OCH3 is 1. The molecule has 1 aliphatic carbocycles. The molecule has 1 fully saturated rings. The van der Waals surface area contributed by atoms with Crippen LogP contribution in [0.2, 0.25) is 0 Å². The van der Waals surface area contributed by atoms with Gasteiger partial charge in [-0.1, -0.05) is 13.3 Å². The molecular formula is C14H24N4O. The zero-order valence-corrected chi connectivity index (χ0v) is 12.1. The molecule has 1 aromatic rings. The van der Waals surface area contributed by atoms with Gasteiger partial charge in [0.25, 0.3) is 0 Å². The molecule has 19 heavy (non-hydrogen) atoms. The van der Waals surface area contributed by atoms with Crippen LogP contribution in [0.15, 0.2) is 6.33 Å². The quantitative estimate of drug-likeness (QED) is 0.820. The minimum absolute atomic E-state index is 0.748. The van der Waals surface area contributed by atoms with Gasteiger partial charge in [-0.05, 0) is 25.2 Å². The smallest absolute Gasteiger partial charge is 0.204 e. The van der Waals surface area contributed by atoms with Gasteiger partial charge in [-0.25, -0.2) is 9.97 Å². The van der Waals surface area contributed by atoms with Crippen LogP contribution in [0, 0.1) is 5.92 Å². The molecule has 0 aromatic carbocycles. The lowest BCUT2D eigenvalue weighted by atomic mass is 9.85. The number of hydrogen-bond acceptors (Lipinski definition) is 5. The summed E-state index contributed by atoms with van der Waals surface area (Å²) < 4.78 is 5.50. The fraction of sp³-hybridized carbons (Fsp3) is 0.714. The summed E-state index contributed by atoms with van der Waals surface area (Å²) in [4.78, 5) is 10.8. The molecule has 1 aromatic heterocycles. The third-order valence-corrected chi connectivity index (χ3v) is 3.65. The second-order valence-electron chi connectivity index (χ2n) is 5.18.